The minimum absolute atomic E-state index is 0.110. The number of anilines is 1. The van der Waals surface area contributed by atoms with Crippen molar-refractivity contribution in [1.29, 1.82) is 0 Å². The van der Waals surface area contributed by atoms with E-state index < -0.39 is 41.3 Å². The number of nitrogens with one attached hydrogen (secondary N) is 2. The fraction of sp³-hybridized carbons (Fsp3) is 0.444. The van der Waals surface area contributed by atoms with Crippen LogP contribution in [-0.2, 0) is 11.3 Å². The van der Waals surface area contributed by atoms with Crippen molar-refractivity contribution in [1.82, 2.24) is 14.5 Å². The maximum absolute atomic E-state index is 12.4. The molecule has 0 bridgehead atoms. The highest BCUT2D eigenvalue weighted by Crippen LogP contribution is 2.24. The maximum Gasteiger partial charge on any atom is 0.355 e. The second-order valence-electron chi connectivity index (χ2n) is 6.51. The summed E-state index contributed by atoms with van der Waals surface area (Å²) in [5, 5.41) is 9.79. The first-order chi connectivity index (χ1) is 13.1. The van der Waals surface area contributed by atoms with E-state index >= 15 is 0 Å². The number of ether oxygens (including phenoxy) is 1. The number of H-pyrrole nitrogens is 2. The number of carbonyl (C=O) groups is 2. The van der Waals surface area contributed by atoms with Gasteiger partial charge in [0.2, 0.25) is 5.78 Å². The molecule has 0 aromatic carbocycles. The average molecular weight is 392 g/mol. The van der Waals surface area contributed by atoms with E-state index in [9.17, 15) is 24.3 Å². The molecule has 0 saturated carbocycles. The molecule has 0 fully saturated rings. The van der Waals surface area contributed by atoms with E-state index in [0.717, 1.165) is 4.57 Å². The van der Waals surface area contributed by atoms with Crippen LogP contribution in [0, 0.1) is 13.8 Å². The van der Waals surface area contributed by atoms with Crippen LogP contribution < -0.4 is 17.0 Å². The summed E-state index contributed by atoms with van der Waals surface area (Å²) >= 11 is 0. The Kier molecular flexibility index (Phi) is 6.24. The van der Waals surface area contributed by atoms with Gasteiger partial charge in [-0.2, -0.15) is 0 Å². The highest BCUT2D eigenvalue weighted by molar-refractivity contribution is 6.02. The van der Waals surface area contributed by atoms with Crippen molar-refractivity contribution < 1.29 is 19.4 Å². The number of hydrogen-bond acceptors (Lipinski definition) is 7. The van der Waals surface area contributed by atoms with Gasteiger partial charge in [-0.25, -0.2) is 9.59 Å². The molecule has 0 unspecified atom stereocenters. The van der Waals surface area contributed by atoms with E-state index in [-0.39, 0.29) is 18.1 Å². The number of nitrogens with two attached hydrogens (primary N) is 1. The molecule has 0 aliphatic carbocycles. The van der Waals surface area contributed by atoms with Crippen LogP contribution in [-0.4, -0.2) is 38.0 Å². The summed E-state index contributed by atoms with van der Waals surface area (Å²) in [7, 11) is 0. The molecule has 1 atom stereocenters. The zero-order valence-corrected chi connectivity index (χ0v) is 16.2. The second kappa shape index (κ2) is 8.26. The monoisotopic (exact) mass is 392 g/mol. The molecule has 0 saturated heterocycles. The van der Waals surface area contributed by atoms with Crippen LogP contribution in [0.15, 0.2) is 9.59 Å². The standard InChI is InChI=1S/C18H24N4O6/c1-5-6-22-15(19)13(16(25)21-18(22)27)11(24)7-28-17(26)14-8(2)12(10(4)23)9(3)20-14/h10,20,23H,5-7,19H2,1-4H3,(H,21,25,27)/t10-/m0/s1. The van der Waals surface area contributed by atoms with Gasteiger partial charge in [-0.15, -0.1) is 0 Å². The first-order valence-electron chi connectivity index (χ1n) is 8.80. The van der Waals surface area contributed by atoms with Crippen LogP contribution in [0.5, 0.6) is 0 Å². The Labute approximate surface area is 160 Å². The van der Waals surface area contributed by atoms with Crippen LogP contribution in [0.4, 0.5) is 5.82 Å². The number of aryl methyl sites for hydroxylation is 1. The van der Waals surface area contributed by atoms with Gasteiger partial charge in [0.25, 0.3) is 5.56 Å². The second-order valence-corrected chi connectivity index (χ2v) is 6.51. The normalized spacial score (nSPS) is 12.0. The smallest absolute Gasteiger partial charge is 0.355 e. The van der Waals surface area contributed by atoms with Gasteiger partial charge in [-0.1, -0.05) is 6.92 Å². The van der Waals surface area contributed by atoms with Crippen LogP contribution in [0.25, 0.3) is 0 Å². The van der Waals surface area contributed by atoms with Crippen LogP contribution >= 0.6 is 0 Å². The Balaban J connectivity index is 2.25. The molecule has 2 aromatic heterocycles. The topological polar surface area (TPSA) is 160 Å². The summed E-state index contributed by atoms with van der Waals surface area (Å²) in [4.78, 5) is 53.4. The number of esters is 1. The number of hydrogen-bond donors (Lipinski definition) is 4. The largest absolute Gasteiger partial charge is 0.453 e. The molecular formula is C18H24N4O6. The Hall–Kier alpha value is -3.14. The molecular weight excluding hydrogens is 368 g/mol. The van der Waals surface area contributed by atoms with Crippen molar-refractivity contribution in [2.45, 2.75) is 46.8 Å². The lowest BCUT2D eigenvalue weighted by atomic mass is 10.1. The summed E-state index contributed by atoms with van der Waals surface area (Å²) in [5.41, 5.74) is 5.56. The minimum Gasteiger partial charge on any atom is -0.453 e. The lowest BCUT2D eigenvalue weighted by Crippen LogP contribution is -2.37. The van der Waals surface area contributed by atoms with Gasteiger partial charge < -0.3 is 20.6 Å². The fourth-order valence-corrected chi connectivity index (χ4v) is 3.17. The van der Waals surface area contributed by atoms with E-state index in [0.29, 0.717) is 23.2 Å². The molecule has 2 heterocycles. The fourth-order valence-electron chi connectivity index (χ4n) is 3.17. The number of rotatable bonds is 7. The zero-order chi connectivity index (χ0) is 21.2. The highest BCUT2D eigenvalue weighted by Gasteiger charge is 2.24. The number of nitrogens with zero attached hydrogens (tertiary/aromatic N) is 1. The van der Waals surface area contributed by atoms with Crippen molar-refractivity contribution in [3.8, 4) is 0 Å². The molecule has 10 heteroatoms. The molecule has 2 aromatic rings. The summed E-state index contributed by atoms with van der Waals surface area (Å²) < 4.78 is 6.10. The molecule has 0 spiro atoms. The van der Waals surface area contributed by atoms with Crippen molar-refractivity contribution in [3.63, 3.8) is 0 Å². The highest BCUT2D eigenvalue weighted by atomic mass is 16.5. The van der Waals surface area contributed by atoms with Gasteiger partial charge in [-0.3, -0.25) is 19.1 Å². The van der Waals surface area contributed by atoms with Crippen molar-refractivity contribution in [2.24, 2.45) is 0 Å². The molecule has 152 valence electrons. The number of aromatic nitrogens is 3. The molecule has 0 amide bonds. The number of carbonyl (C=O) groups excluding carboxylic acids is 2. The number of aliphatic hydroxyl groups is 1. The number of ketones is 1. The predicted octanol–water partition coefficient (Wildman–Crippen LogP) is 0.567. The Morgan fingerprint density at radius 1 is 1.25 bits per heavy atom. The third kappa shape index (κ3) is 3.91. The van der Waals surface area contributed by atoms with E-state index in [2.05, 4.69) is 4.98 Å². The third-order valence-corrected chi connectivity index (χ3v) is 4.42. The lowest BCUT2D eigenvalue weighted by Gasteiger charge is -2.11. The van der Waals surface area contributed by atoms with Crippen molar-refractivity contribution >= 4 is 17.6 Å². The first kappa shape index (κ1) is 21.2. The number of nitrogen functional groups attached to an aromatic ring is 1. The van der Waals surface area contributed by atoms with Crippen molar-refractivity contribution in [3.05, 3.63) is 48.9 Å². The quantitative estimate of drug-likeness (QED) is 0.395. The predicted molar refractivity (Wildman–Crippen MR) is 102 cm³/mol. The van der Waals surface area contributed by atoms with E-state index in [1.54, 1.807) is 20.8 Å². The van der Waals surface area contributed by atoms with E-state index in [4.69, 9.17) is 10.5 Å². The van der Waals surface area contributed by atoms with Gasteiger partial charge in [0, 0.05) is 17.8 Å². The summed E-state index contributed by atoms with van der Waals surface area (Å²) in [6.45, 7) is 6.23. The lowest BCUT2D eigenvalue weighted by molar-refractivity contribution is 0.0468. The summed E-state index contributed by atoms with van der Waals surface area (Å²) in [5.74, 6) is -1.90. The van der Waals surface area contributed by atoms with Crippen LogP contribution in [0.2, 0.25) is 0 Å². The molecule has 0 aliphatic heterocycles. The van der Waals surface area contributed by atoms with Crippen LogP contribution in [0.1, 0.15) is 64.0 Å². The molecule has 0 aliphatic rings. The van der Waals surface area contributed by atoms with E-state index in [1.807, 2.05) is 11.9 Å². The molecule has 10 nitrogen and oxygen atoms in total. The van der Waals surface area contributed by atoms with Crippen molar-refractivity contribution in [2.75, 3.05) is 12.3 Å². The van der Waals surface area contributed by atoms with Gasteiger partial charge in [0.1, 0.15) is 17.1 Å². The van der Waals surface area contributed by atoms with Crippen LogP contribution in [0.3, 0.4) is 0 Å². The van der Waals surface area contributed by atoms with Gasteiger partial charge >= 0.3 is 11.7 Å². The van der Waals surface area contributed by atoms with Gasteiger partial charge in [-0.05, 0) is 32.8 Å². The summed E-state index contributed by atoms with van der Waals surface area (Å²) in [6.07, 6.45) is -0.215. The Bertz CT molecular complexity index is 1030. The number of aromatic amines is 2. The maximum atomic E-state index is 12.4. The molecule has 2 rings (SSSR count). The SMILES string of the molecule is CCCn1c(N)c(C(=O)COC(=O)c2[nH]c(C)c([C@H](C)O)c2C)c(=O)[nH]c1=O. The first-order valence-corrected chi connectivity index (χ1v) is 8.80. The molecule has 0 radical (unpaired) electrons. The number of Topliss-reactive ketones (excluding diaryl/α,β-unsaturated/α-hetero) is 1. The summed E-state index contributed by atoms with van der Waals surface area (Å²) in [6, 6.07) is 0. The number of aliphatic hydroxyl groups excluding tert-OH is 1. The average Bonchev–Trinajstić information content (AvgIpc) is 2.90. The molecule has 5 N–H and O–H groups in total. The van der Waals surface area contributed by atoms with Gasteiger partial charge in [0.05, 0.1) is 6.10 Å². The zero-order valence-electron chi connectivity index (χ0n) is 16.2. The molecule has 28 heavy (non-hydrogen) atoms. The Morgan fingerprint density at radius 2 is 1.89 bits per heavy atom. The Morgan fingerprint density at radius 3 is 2.43 bits per heavy atom. The van der Waals surface area contributed by atoms with E-state index in [1.165, 1.54) is 0 Å². The van der Waals surface area contributed by atoms with Gasteiger partial charge in [0.15, 0.2) is 6.61 Å². The minimum atomic E-state index is -0.931. The third-order valence-electron chi connectivity index (χ3n) is 4.42.